The molecule has 122 valence electrons. The van der Waals surface area contributed by atoms with Gasteiger partial charge in [-0.1, -0.05) is 19.4 Å². The van der Waals surface area contributed by atoms with Gasteiger partial charge >= 0.3 is 0 Å². The van der Waals surface area contributed by atoms with Gasteiger partial charge in [-0.2, -0.15) is 0 Å². The van der Waals surface area contributed by atoms with E-state index in [1.165, 1.54) is 5.57 Å². The number of rotatable bonds is 0. The van der Waals surface area contributed by atoms with Gasteiger partial charge in [-0.15, -0.1) is 0 Å². The van der Waals surface area contributed by atoms with Crippen molar-refractivity contribution in [3.8, 4) is 0 Å². The molecule has 3 heteroatoms. The Bertz CT molecular complexity index is 539. The molecule has 4 aliphatic rings. The largest absolute Gasteiger partial charge is 0.393 e. The molecule has 4 aliphatic carbocycles. The summed E-state index contributed by atoms with van der Waals surface area (Å²) in [5, 5.41) is 21.3. The van der Waals surface area contributed by atoms with Gasteiger partial charge in [0.2, 0.25) is 0 Å². The van der Waals surface area contributed by atoms with Gasteiger partial charge in [0.15, 0.2) is 5.78 Å². The molecule has 0 saturated heterocycles. The fraction of sp³-hybridized carbons (Fsp3) is 0.842. The molecule has 0 amide bonds. The summed E-state index contributed by atoms with van der Waals surface area (Å²) >= 11 is 0. The van der Waals surface area contributed by atoms with Crippen molar-refractivity contribution >= 4 is 5.78 Å². The molecule has 2 unspecified atom stereocenters. The summed E-state index contributed by atoms with van der Waals surface area (Å²) in [6, 6.07) is 0. The van der Waals surface area contributed by atoms with Crippen LogP contribution in [0.3, 0.4) is 0 Å². The van der Waals surface area contributed by atoms with Crippen LogP contribution in [0.4, 0.5) is 0 Å². The zero-order chi connectivity index (χ0) is 15.7. The lowest BCUT2D eigenvalue weighted by Gasteiger charge is -2.59. The lowest BCUT2D eigenvalue weighted by molar-refractivity contribution is -0.127. The van der Waals surface area contributed by atoms with Crippen molar-refractivity contribution in [3.05, 3.63) is 11.6 Å². The summed E-state index contributed by atoms with van der Waals surface area (Å²) < 4.78 is 0. The van der Waals surface area contributed by atoms with E-state index >= 15 is 0 Å². The van der Waals surface area contributed by atoms with Crippen LogP contribution in [-0.2, 0) is 4.79 Å². The predicted molar refractivity (Wildman–Crippen MR) is 84.1 cm³/mol. The minimum Gasteiger partial charge on any atom is -0.393 e. The molecule has 3 fully saturated rings. The van der Waals surface area contributed by atoms with Gasteiger partial charge < -0.3 is 10.2 Å². The van der Waals surface area contributed by atoms with Crippen LogP contribution >= 0.6 is 0 Å². The first-order chi connectivity index (χ1) is 10.4. The van der Waals surface area contributed by atoms with Crippen LogP contribution in [0.25, 0.3) is 0 Å². The Morgan fingerprint density at radius 2 is 1.86 bits per heavy atom. The van der Waals surface area contributed by atoms with Gasteiger partial charge in [0.05, 0.1) is 12.2 Å². The lowest BCUT2D eigenvalue weighted by Crippen LogP contribution is -2.55. The van der Waals surface area contributed by atoms with Crippen molar-refractivity contribution in [2.75, 3.05) is 0 Å². The first-order valence-electron chi connectivity index (χ1n) is 8.96. The number of carbonyl (C=O) groups is 1. The fourth-order valence-corrected chi connectivity index (χ4v) is 6.50. The molecule has 0 aliphatic heterocycles. The highest BCUT2D eigenvalue weighted by Gasteiger charge is 2.61. The third-order valence-corrected chi connectivity index (χ3v) is 7.93. The molecule has 0 radical (unpaired) electrons. The van der Waals surface area contributed by atoms with Crippen LogP contribution in [0, 0.1) is 28.6 Å². The average molecular weight is 304 g/mol. The first kappa shape index (κ1) is 14.9. The van der Waals surface area contributed by atoms with E-state index in [0.29, 0.717) is 30.6 Å². The van der Waals surface area contributed by atoms with Crippen LogP contribution in [0.2, 0.25) is 0 Å². The van der Waals surface area contributed by atoms with Crippen molar-refractivity contribution in [3.63, 3.8) is 0 Å². The number of carbonyl (C=O) groups excluding carboxylic acids is 1. The molecule has 0 aromatic heterocycles. The summed E-state index contributed by atoms with van der Waals surface area (Å²) in [5.41, 5.74) is 1.27. The quantitative estimate of drug-likeness (QED) is 0.723. The number of hydrogen-bond donors (Lipinski definition) is 2. The van der Waals surface area contributed by atoms with Crippen molar-refractivity contribution in [2.45, 2.75) is 71.0 Å². The smallest absolute Gasteiger partial charge is 0.155 e. The maximum absolute atomic E-state index is 11.8. The van der Waals surface area contributed by atoms with Crippen LogP contribution < -0.4 is 0 Å². The van der Waals surface area contributed by atoms with E-state index < -0.39 is 0 Å². The summed E-state index contributed by atoms with van der Waals surface area (Å²) in [7, 11) is 0. The molecule has 0 heterocycles. The molecule has 0 aromatic rings. The zero-order valence-electron chi connectivity index (χ0n) is 13.7. The molecule has 22 heavy (non-hydrogen) atoms. The van der Waals surface area contributed by atoms with Crippen LogP contribution in [-0.4, -0.2) is 28.2 Å². The predicted octanol–water partition coefficient (Wildman–Crippen LogP) is 2.85. The molecule has 3 saturated carbocycles. The maximum atomic E-state index is 11.8. The number of aliphatic hydroxyl groups excluding tert-OH is 2. The van der Waals surface area contributed by atoms with E-state index in [2.05, 4.69) is 13.8 Å². The SMILES string of the molecule is CC12CC[C@H]3[C@@H](C(O)CC4=CC(=O)CC[C@@]43C)[C@@H]1CC[C@@H]2O. The van der Waals surface area contributed by atoms with E-state index in [9.17, 15) is 15.0 Å². The Morgan fingerprint density at radius 3 is 2.64 bits per heavy atom. The molecule has 3 nitrogen and oxygen atoms in total. The third-order valence-electron chi connectivity index (χ3n) is 7.93. The number of aliphatic hydroxyl groups is 2. The lowest BCUT2D eigenvalue weighted by atomic mass is 9.46. The second kappa shape index (κ2) is 4.67. The summed E-state index contributed by atoms with van der Waals surface area (Å²) in [6.45, 7) is 4.55. The fourth-order valence-electron chi connectivity index (χ4n) is 6.50. The minimum absolute atomic E-state index is 0.00971. The second-order valence-corrected chi connectivity index (χ2v) is 8.75. The van der Waals surface area contributed by atoms with E-state index in [-0.39, 0.29) is 28.8 Å². The van der Waals surface area contributed by atoms with Gasteiger partial charge in [0.1, 0.15) is 0 Å². The van der Waals surface area contributed by atoms with Gasteiger partial charge in [-0.25, -0.2) is 0 Å². The topological polar surface area (TPSA) is 57.5 Å². The standard InChI is InChI=1S/C19H28O3/c1-18-7-5-12(20)9-11(18)10-15(21)17-13-3-4-16(22)19(13,2)8-6-14(17)18/h9,13-17,21-22H,3-8,10H2,1-2H3/t13-,14-,15?,16-,17-,18-,19?/m0/s1. The molecule has 7 atom stereocenters. The monoisotopic (exact) mass is 304 g/mol. The molecular weight excluding hydrogens is 276 g/mol. The van der Waals surface area contributed by atoms with Crippen molar-refractivity contribution < 1.29 is 15.0 Å². The van der Waals surface area contributed by atoms with Crippen molar-refractivity contribution in [1.82, 2.24) is 0 Å². The zero-order valence-corrected chi connectivity index (χ0v) is 13.7. The maximum Gasteiger partial charge on any atom is 0.155 e. The Morgan fingerprint density at radius 1 is 1.09 bits per heavy atom. The third kappa shape index (κ3) is 1.78. The van der Waals surface area contributed by atoms with E-state index in [4.69, 9.17) is 0 Å². The van der Waals surface area contributed by atoms with E-state index in [1.807, 2.05) is 6.08 Å². The van der Waals surface area contributed by atoms with E-state index in [0.717, 1.165) is 32.1 Å². The van der Waals surface area contributed by atoms with Crippen LogP contribution in [0.15, 0.2) is 11.6 Å². The Balaban J connectivity index is 1.74. The summed E-state index contributed by atoms with van der Waals surface area (Å²) in [4.78, 5) is 11.8. The van der Waals surface area contributed by atoms with Gasteiger partial charge in [-0.3, -0.25) is 4.79 Å². The molecular formula is C19H28O3. The summed E-state index contributed by atoms with van der Waals surface area (Å²) in [5.74, 6) is 1.44. The Hall–Kier alpha value is -0.670. The number of fused-ring (bicyclic) bond motifs is 5. The molecule has 0 aromatic carbocycles. The average Bonchev–Trinajstić information content (AvgIpc) is 2.77. The van der Waals surface area contributed by atoms with E-state index in [1.54, 1.807) is 0 Å². The molecule has 4 rings (SSSR count). The first-order valence-corrected chi connectivity index (χ1v) is 8.96. The highest BCUT2D eigenvalue weighted by molar-refractivity contribution is 5.91. The van der Waals surface area contributed by atoms with Crippen molar-refractivity contribution in [2.24, 2.45) is 28.6 Å². The highest BCUT2D eigenvalue weighted by atomic mass is 16.3. The second-order valence-electron chi connectivity index (χ2n) is 8.75. The molecule has 2 N–H and O–H groups in total. The number of ketones is 1. The Labute approximate surface area is 132 Å². The number of hydrogen-bond acceptors (Lipinski definition) is 3. The highest BCUT2D eigenvalue weighted by Crippen LogP contribution is 2.65. The van der Waals surface area contributed by atoms with Crippen LogP contribution in [0.1, 0.15) is 58.8 Å². The Kier molecular flexibility index (Phi) is 3.16. The van der Waals surface area contributed by atoms with Crippen molar-refractivity contribution in [1.29, 1.82) is 0 Å². The van der Waals surface area contributed by atoms with Gasteiger partial charge in [0, 0.05) is 6.42 Å². The van der Waals surface area contributed by atoms with Crippen LogP contribution in [0.5, 0.6) is 0 Å². The summed E-state index contributed by atoms with van der Waals surface area (Å²) in [6.07, 6.45) is 7.61. The minimum atomic E-state index is -0.342. The molecule has 0 bridgehead atoms. The van der Waals surface area contributed by atoms with Gasteiger partial charge in [-0.05, 0) is 73.2 Å². The molecule has 0 spiro atoms. The van der Waals surface area contributed by atoms with Gasteiger partial charge in [0.25, 0.3) is 0 Å². The normalized spacial score (nSPS) is 54.3.